The molecular formula is C16H22ClN3O2. The largest absolute Gasteiger partial charge is 0.490 e. The van der Waals surface area contributed by atoms with E-state index in [2.05, 4.69) is 10.6 Å². The number of carbonyl (C=O) groups is 1. The molecule has 0 unspecified atom stereocenters. The third kappa shape index (κ3) is 3.32. The molecule has 1 spiro atoms. The van der Waals surface area contributed by atoms with Crippen molar-refractivity contribution in [3.8, 4) is 5.75 Å². The Morgan fingerprint density at radius 3 is 2.45 bits per heavy atom. The van der Waals surface area contributed by atoms with Gasteiger partial charge in [-0.25, -0.2) is 0 Å². The molecule has 1 aromatic rings. The van der Waals surface area contributed by atoms with Crippen LogP contribution in [-0.4, -0.2) is 45.8 Å². The first-order valence-electron chi connectivity index (χ1n) is 7.33. The smallest absolute Gasteiger partial charge is 0.152 e. The third-order valence-electron chi connectivity index (χ3n) is 4.07. The molecule has 2 aliphatic rings. The summed E-state index contributed by atoms with van der Waals surface area (Å²) < 4.78 is 5.90. The minimum atomic E-state index is 0.182. The first-order valence-corrected chi connectivity index (χ1v) is 7.71. The van der Waals surface area contributed by atoms with Gasteiger partial charge in [0.15, 0.2) is 6.29 Å². The van der Waals surface area contributed by atoms with Crippen LogP contribution in [0.1, 0.15) is 28.8 Å². The molecule has 0 atom stereocenters. The van der Waals surface area contributed by atoms with E-state index in [-0.39, 0.29) is 6.10 Å². The Morgan fingerprint density at radius 1 is 1.36 bits per heavy atom. The van der Waals surface area contributed by atoms with Crippen molar-refractivity contribution in [1.29, 1.82) is 5.41 Å². The summed E-state index contributed by atoms with van der Waals surface area (Å²) in [6.45, 7) is 2.15. The molecule has 22 heavy (non-hydrogen) atoms. The fraction of sp³-hybridized carbons (Fsp3) is 0.500. The second-order valence-electron chi connectivity index (χ2n) is 5.89. The fourth-order valence-electron chi connectivity index (χ4n) is 2.90. The van der Waals surface area contributed by atoms with Gasteiger partial charge in [0.05, 0.1) is 11.1 Å². The minimum absolute atomic E-state index is 0.182. The number of aldehydes is 1. The van der Waals surface area contributed by atoms with Crippen molar-refractivity contribution in [3.63, 3.8) is 0 Å². The van der Waals surface area contributed by atoms with E-state index < -0.39 is 0 Å². The van der Waals surface area contributed by atoms with E-state index in [0.717, 1.165) is 32.1 Å². The monoisotopic (exact) mass is 323 g/mol. The molecule has 1 saturated carbocycles. The van der Waals surface area contributed by atoms with Crippen LogP contribution in [0.25, 0.3) is 0 Å². The quantitative estimate of drug-likeness (QED) is 0.586. The van der Waals surface area contributed by atoms with Crippen molar-refractivity contribution < 1.29 is 9.53 Å². The zero-order valence-corrected chi connectivity index (χ0v) is 13.7. The third-order valence-corrected chi connectivity index (χ3v) is 4.40. The predicted molar refractivity (Wildman–Crippen MR) is 88.7 cm³/mol. The van der Waals surface area contributed by atoms with E-state index in [0.29, 0.717) is 33.6 Å². The Balaban J connectivity index is 0.000000545. The van der Waals surface area contributed by atoms with Crippen molar-refractivity contribution in [2.45, 2.75) is 18.9 Å². The van der Waals surface area contributed by atoms with Crippen molar-refractivity contribution >= 4 is 24.1 Å². The average Bonchev–Trinajstić information content (AvgIpc) is 2.42. The summed E-state index contributed by atoms with van der Waals surface area (Å²) >= 11 is 5.94. The number of hydrogen-bond acceptors (Lipinski definition) is 5. The highest BCUT2D eigenvalue weighted by Crippen LogP contribution is 2.46. The van der Waals surface area contributed by atoms with Gasteiger partial charge in [-0.3, -0.25) is 4.79 Å². The number of benzene rings is 1. The minimum Gasteiger partial charge on any atom is -0.490 e. The molecule has 1 heterocycles. The van der Waals surface area contributed by atoms with Crippen LogP contribution in [0.2, 0.25) is 5.02 Å². The van der Waals surface area contributed by atoms with Gasteiger partial charge in [-0.1, -0.05) is 11.6 Å². The lowest BCUT2D eigenvalue weighted by atomic mass is 9.63. The second kappa shape index (κ2) is 7.22. The summed E-state index contributed by atoms with van der Waals surface area (Å²) in [5.74, 6) is 0.577. The molecular weight excluding hydrogens is 302 g/mol. The topological polar surface area (TPSA) is 74.2 Å². The van der Waals surface area contributed by atoms with Crippen LogP contribution < -0.4 is 15.4 Å². The zero-order chi connectivity index (χ0) is 16.2. The summed E-state index contributed by atoms with van der Waals surface area (Å²) in [6, 6.07) is 3.38. The highest BCUT2D eigenvalue weighted by Gasteiger charge is 2.49. The predicted octanol–water partition coefficient (Wildman–Crippen LogP) is 2.12. The number of rotatable bonds is 4. The average molecular weight is 324 g/mol. The van der Waals surface area contributed by atoms with E-state index in [1.54, 1.807) is 12.1 Å². The molecule has 1 saturated heterocycles. The Labute approximate surface area is 135 Å². The van der Waals surface area contributed by atoms with Crippen molar-refractivity contribution in [2.75, 3.05) is 27.2 Å². The van der Waals surface area contributed by atoms with E-state index in [4.69, 9.17) is 21.7 Å². The molecule has 1 aliphatic carbocycles. The van der Waals surface area contributed by atoms with Crippen molar-refractivity contribution in [2.24, 2.45) is 5.41 Å². The Bertz CT molecular complexity index is 551. The number of halogens is 1. The van der Waals surface area contributed by atoms with Gasteiger partial charge < -0.3 is 20.8 Å². The normalized spacial score (nSPS) is 18.5. The molecule has 6 heteroatoms. The maximum atomic E-state index is 11.0. The summed E-state index contributed by atoms with van der Waals surface area (Å²) in [5, 5.41) is 13.8. The Kier molecular flexibility index (Phi) is 5.56. The molecule has 0 bridgehead atoms. The lowest BCUT2D eigenvalue weighted by Gasteiger charge is -2.53. The molecule has 1 aliphatic heterocycles. The van der Waals surface area contributed by atoms with Crippen LogP contribution in [0.5, 0.6) is 5.75 Å². The molecule has 0 radical (unpaired) electrons. The van der Waals surface area contributed by atoms with E-state index in [9.17, 15) is 4.79 Å². The van der Waals surface area contributed by atoms with Gasteiger partial charge >= 0.3 is 0 Å². The SMILES string of the molecule is CNC.N=Cc1c(OC2CC3(CNC3)C2)ccc(Cl)c1C=O. The molecule has 2 fully saturated rings. The van der Waals surface area contributed by atoms with E-state index >= 15 is 0 Å². The van der Waals surface area contributed by atoms with E-state index in [1.807, 2.05) is 14.1 Å². The maximum absolute atomic E-state index is 11.0. The number of nitrogens with one attached hydrogen (secondary N) is 3. The van der Waals surface area contributed by atoms with Crippen LogP contribution in [0.4, 0.5) is 0 Å². The maximum Gasteiger partial charge on any atom is 0.152 e. The van der Waals surface area contributed by atoms with Gasteiger partial charge in [0.2, 0.25) is 0 Å². The summed E-state index contributed by atoms with van der Waals surface area (Å²) in [4.78, 5) is 11.0. The van der Waals surface area contributed by atoms with Crippen LogP contribution in [0, 0.1) is 10.8 Å². The first kappa shape index (κ1) is 16.9. The molecule has 0 amide bonds. The van der Waals surface area contributed by atoms with Crippen LogP contribution >= 0.6 is 11.6 Å². The standard InChI is InChI=1S/C14H15ClN2O2.C2H7N/c15-12-1-2-13(10(5-16)11(12)6-18)19-9-3-14(4-9)7-17-8-14;1-3-2/h1-2,5-6,9,16-17H,3-4,7-8H2;3H,1-2H3. The van der Waals surface area contributed by atoms with Crippen LogP contribution in [0.15, 0.2) is 12.1 Å². The molecule has 0 aromatic heterocycles. The summed E-state index contributed by atoms with van der Waals surface area (Å²) in [7, 11) is 3.75. The van der Waals surface area contributed by atoms with Gasteiger partial charge in [-0.05, 0) is 39.1 Å². The highest BCUT2D eigenvalue weighted by molar-refractivity contribution is 6.33. The number of carbonyl (C=O) groups excluding carboxylic acids is 1. The van der Waals surface area contributed by atoms with Gasteiger partial charge in [-0.2, -0.15) is 0 Å². The van der Waals surface area contributed by atoms with Gasteiger partial charge in [0.25, 0.3) is 0 Å². The summed E-state index contributed by atoms with van der Waals surface area (Å²) in [6.07, 6.45) is 4.06. The first-order chi connectivity index (χ1) is 10.6. The number of ether oxygens (including phenoxy) is 1. The van der Waals surface area contributed by atoms with Crippen LogP contribution in [0.3, 0.4) is 0 Å². The molecule has 3 N–H and O–H groups in total. The molecule has 3 rings (SSSR count). The molecule has 120 valence electrons. The summed E-state index contributed by atoms with van der Waals surface area (Å²) in [5.41, 5.74) is 1.23. The van der Waals surface area contributed by atoms with Crippen LogP contribution in [-0.2, 0) is 0 Å². The van der Waals surface area contributed by atoms with E-state index in [1.165, 1.54) is 0 Å². The zero-order valence-electron chi connectivity index (χ0n) is 12.9. The Hall–Kier alpha value is -1.43. The molecule has 5 nitrogen and oxygen atoms in total. The van der Waals surface area contributed by atoms with Gasteiger partial charge in [0.1, 0.15) is 5.75 Å². The highest BCUT2D eigenvalue weighted by atomic mass is 35.5. The fourth-order valence-corrected chi connectivity index (χ4v) is 3.11. The van der Waals surface area contributed by atoms with Crippen molar-refractivity contribution in [1.82, 2.24) is 10.6 Å². The second-order valence-corrected chi connectivity index (χ2v) is 6.29. The molecule has 1 aromatic carbocycles. The Morgan fingerprint density at radius 2 is 2.00 bits per heavy atom. The lowest BCUT2D eigenvalue weighted by molar-refractivity contribution is -0.0495. The van der Waals surface area contributed by atoms with Gasteiger partial charge in [0, 0.05) is 35.8 Å². The van der Waals surface area contributed by atoms with Crippen molar-refractivity contribution in [3.05, 3.63) is 28.3 Å². The number of hydrogen-bond donors (Lipinski definition) is 3. The lowest BCUT2D eigenvalue weighted by Crippen LogP contribution is -2.62. The van der Waals surface area contributed by atoms with Gasteiger partial charge in [-0.15, -0.1) is 0 Å².